The van der Waals surface area contributed by atoms with Crippen LogP contribution in [0.3, 0.4) is 0 Å². The second-order valence-corrected chi connectivity index (χ2v) is 6.40. The third-order valence-electron chi connectivity index (χ3n) is 4.94. The summed E-state index contributed by atoms with van der Waals surface area (Å²) in [6.07, 6.45) is 5.76. The summed E-state index contributed by atoms with van der Waals surface area (Å²) < 4.78 is 0. The minimum atomic E-state index is 0.299. The summed E-state index contributed by atoms with van der Waals surface area (Å²) in [5.41, 5.74) is 1.48. The van der Waals surface area contributed by atoms with E-state index < -0.39 is 0 Å². The molecule has 0 unspecified atom stereocenters. The van der Waals surface area contributed by atoms with E-state index in [0.29, 0.717) is 17.6 Å². The van der Waals surface area contributed by atoms with Gasteiger partial charge in [-0.1, -0.05) is 12.0 Å². The maximum absolute atomic E-state index is 9.31. The van der Waals surface area contributed by atoms with E-state index in [1.807, 2.05) is 30.3 Å². The van der Waals surface area contributed by atoms with Crippen molar-refractivity contribution in [1.29, 1.82) is 5.26 Å². The van der Waals surface area contributed by atoms with Gasteiger partial charge in [0.15, 0.2) is 0 Å². The third-order valence-corrected chi connectivity index (χ3v) is 4.94. The number of hydrogen-bond acceptors (Lipinski definition) is 5. The van der Waals surface area contributed by atoms with E-state index in [0.717, 1.165) is 44.0 Å². The first-order chi connectivity index (χ1) is 12.3. The molecule has 0 aliphatic carbocycles. The van der Waals surface area contributed by atoms with Gasteiger partial charge >= 0.3 is 0 Å². The van der Waals surface area contributed by atoms with Crippen LogP contribution in [0.25, 0.3) is 0 Å². The molecule has 5 heteroatoms. The number of rotatable bonds is 1. The van der Waals surface area contributed by atoms with Crippen LogP contribution < -0.4 is 4.90 Å². The highest BCUT2D eigenvalue weighted by atomic mass is 15.3. The molecular weight excluding hydrogens is 310 g/mol. The van der Waals surface area contributed by atoms with Gasteiger partial charge in [0.25, 0.3) is 0 Å². The molecule has 2 saturated heterocycles. The van der Waals surface area contributed by atoms with Crippen molar-refractivity contribution in [3.8, 4) is 17.9 Å². The first-order valence-corrected chi connectivity index (χ1v) is 8.63. The number of hydrogen-bond donors (Lipinski definition) is 0. The number of aromatic nitrogens is 2. The van der Waals surface area contributed by atoms with Gasteiger partial charge in [0.2, 0.25) is 0 Å². The number of pyridine rings is 2. The Kier molecular flexibility index (Phi) is 4.33. The zero-order valence-electron chi connectivity index (χ0n) is 14.0. The Morgan fingerprint density at radius 3 is 2.80 bits per heavy atom. The van der Waals surface area contributed by atoms with Crippen LogP contribution >= 0.6 is 0 Å². The fourth-order valence-electron chi connectivity index (χ4n) is 3.73. The van der Waals surface area contributed by atoms with E-state index in [4.69, 9.17) is 0 Å². The lowest BCUT2D eigenvalue weighted by Gasteiger charge is -2.39. The van der Waals surface area contributed by atoms with Crippen LogP contribution in [0.2, 0.25) is 0 Å². The van der Waals surface area contributed by atoms with Crippen molar-refractivity contribution in [2.45, 2.75) is 24.9 Å². The average Bonchev–Trinajstić information content (AvgIpc) is 3.09. The SMILES string of the molecule is N#Cc1cccnc1N1CCN2[C@@H](CC[C@@H]2C#Cc2ccccn2)C1. The molecule has 4 rings (SSSR count). The maximum atomic E-state index is 9.31. The summed E-state index contributed by atoms with van der Waals surface area (Å²) in [5.74, 6) is 7.42. The van der Waals surface area contributed by atoms with Gasteiger partial charge in [-0.2, -0.15) is 5.26 Å². The van der Waals surface area contributed by atoms with Crippen molar-refractivity contribution < 1.29 is 0 Å². The van der Waals surface area contributed by atoms with Crippen molar-refractivity contribution in [3.63, 3.8) is 0 Å². The molecule has 5 nitrogen and oxygen atoms in total. The molecule has 0 amide bonds. The zero-order chi connectivity index (χ0) is 17.1. The molecule has 0 saturated carbocycles. The van der Waals surface area contributed by atoms with Crippen LogP contribution in [0.4, 0.5) is 5.82 Å². The van der Waals surface area contributed by atoms with Gasteiger partial charge in [0.1, 0.15) is 17.6 Å². The number of nitriles is 1. The van der Waals surface area contributed by atoms with Gasteiger partial charge in [-0.25, -0.2) is 9.97 Å². The minimum Gasteiger partial charge on any atom is -0.353 e. The summed E-state index contributed by atoms with van der Waals surface area (Å²) in [6, 6.07) is 12.5. The van der Waals surface area contributed by atoms with Gasteiger partial charge in [0, 0.05) is 38.1 Å². The van der Waals surface area contributed by atoms with Crippen LogP contribution in [0.5, 0.6) is 0 Å². The minimum absolute atomic E-state index is 0.299. The van der Waals surface area contributed by atoms with E-state index in [-0.39, 0.29) is 0 Å². The van der Waals surface area contributed by atoms with Gasteiger partial charge in [-0.15, -0.1) is 0 Å². The molecule has 2 fully saturated rings. The molecule has 2 atom stereocenters. The first kappa shape index (κ1) is 15.6. The Morgan fingerprint density at radius 2 is 1.96 bits per heavy atom. The number of fused-ring (bicyclic) bond motifs is 1. The third kappa shape index (κ3) is 3.20. The molecular formula is C20H19N5. The highest BCUT2D eigenvalue weighted by Crippen LogP contribution is 2.29. The van der Waals surface area contributed by atoms with Crippen molar-refractivity contribution in [3.05, 3.63) is 54.0 Å². The molecule has 0 N–H and O–H groups in total. The normalized spacial score (nSPS) is 22.6. The Labute approximate surface area is 147 Å². The Balaban J connectivity index is 1.47. The molecule has 0 spiro atoms. The molecule has 0 radical (unpaired) electrons. The molecule has 2 aliphatic rings. The van der Waals surface area contributed by atoms with Crippen LogP contribution in [0.15, 0.2) is 42.7 Å². The average molecular weight is 329 g/mol. The maximum Gasteiger partial charge on any atom is 0.146 e. The first-order valence-electron chi connectivity index (χ1n) is 8.63. The molecule has 0 aromatic carbocycles. The van der Waals surface area contributed by atoms with Crippen molar-refractivity contribution in [2.24, 2.45) is 0 Å². The highest BCUT2D eigenvalue weighted by molar-refractivity contribution is 5.54. The number of nitrogens with zero attached hydrogens (tertiary/aromatic N) is 5. The molecule has 124 valence electrons. The molecule has 2 aromatic heterocycles. The van der Waals surface area contributed by atoms with Crippen molar-refractivity contribution >= 4 is 5.82 Å². The predicted molar refractivity (Wildman–Crippen MR) is 95.8 cm³/mol. The number of anilines is 1. The van der Waals surface area contributed by atoms with Crippen LogP contribution in [-0.4, -0.2) is 46.6 Å². The lowest BCUT2D eigenvalue weighted by Crippen LogP contribution is -2.52. The van der Waals surface area contributed by atoms with E-state index in [2.05, 4.69) is 37.7 Å². The van der Waals surface area contributed by atoms with E-state index in [1.54, 1.807) is 12.4 Å². The van der Waals surface area contributed by atoms with E-state index >= 15 is 0 Å². The monoisotopic (exact) mass is 329 g/mol. The lowest BCUT2D eigenvalue weighted by molar-refractivity contribution is 0.202. The van der Waals surface area contributed by atoms with Crippen molar-refractivity contribution in [2.75, 3.05) is 24.5 Å². The summed E-state index contributed by atoms with van der Waals surface area (Å²) >= 11 is 0. The van der Waals surface area contributed by atoms with E-state index in [1.165, 1.54) is 0 Å². The van der Waals surface area contributed by atoms with Gasteiger partial charge < -0.3 is 4.90 Å². The summed E-state index contributed by atoms with van der Waals surface area (Å²) in [4.78, 5) is 13.5. The Bertz CT molecular complexity index is 846. The van der Waals surface area contributed by atoms with Gasteiger partial charge in [-0.05, 0) is 43.0 Å². The Hall–Kier alpha value is -2.89. The van der Waals surface area contributed by atoms with Crippen molar-refractivity contribution in [1.82, 2.24) is 14.9 Å². The van der Waals surface area contributed by atoms with Crippen LogP contribution in [-0.2, 0) is 0 Å². The molecule has 0 bridgehead atoms. The lowest BCUT2D eigenvalue weighted by atomic mass is 10.1. The molecule has 2 aliphatic heterocycles. The van der Waals surface area contributed by atoms with Gasteiger partial charge in [0.05, 0.1) is 11.6 Å². The van der Waals surface area contributed by atoms with Crippen LogP contribution in [0.1, 0.15) is 24.1 Å². The molecule has 2 aromatic rings. The second kappa shape index (κ2) is 6.93. The fourth-order valence-corrected chi connectivity index (χ4v) is 3.73. The van der Waals surface area contributed by atoms with E-state index in [9.17, 15) is 5.26 Å². The zero-order valence-corrected chi connectivity index (χ0v) is 14.0. The topological polar surface area (TPSA) is 56.1 Å². The van der Waals surface area contributed by atoms with Gasteiger partial charge in [-0.3, -0.25) is 4.90 Å². The second-order valence-electron chi connectivity index (χ2n) is 6.40. The molecule has 25 heavy (non-hydrogen) atoms. The Morgan fingerprint density at radius 1 is 1.04 bits per heavy atom. The summed E-state index contributed by atoms with van der Waals surface area (Å²) in [6.45, 7) is 2.74. The largest absolute Gasteiger partial charge is 0.353 e. The highest BCUT2D eigenvalue weighted by Gasteiger charge is 2.37. The summed E-state index contributed by atoms with van der Waals surface area (Å²) in [5, 5.41) is 9.31. The quantitative estimate of drug-likeness (QED) is 0.750. The summed E-state index contributed by atoms with van der Waals surface area (Å²) in [7, 11) is 0. The predicted octanol–water partition coefficient (Wildman–Crippen LogP) is 2.05. The fraction of sp³-hybridized carbons (Fsp3) is 0.350. The number of piperazine rings is 1. The smallest absolute Gasteiger partial charge is 0.146 e. The van der Waals surface area contributed by atoms with Crippen LogP contribution in [0, 0.1) is 23.2 Å². The standard InChI is InChI=1S/C20H19N5/c21-14-16-4-3-11-23-20(16)24-12-13-25-18(8-9-19(25)15-24)7-6-17-5-1-2-10-22-17/h1-5,10-11,18-19H,8-9,12-13,15H2/t18-,19-/m0/s1. The molecule has 4 heterocycles.